The van der Waals surface area contributed by atoms with E-state index in [4.69, 9.17) is 0 Å². The summed E-state index contributed by atoms with van der Waals surface area (Å²) in [5, 5.41) is 12.2. The van der Waals surface area contributed by atoms with E-state index in [9.17, 15) is 14.7 Å². The molecule has 0 aromatic heterocycles. The molecule has 0 radical (unpaired) electrons. The summed E-state index contributed by atoms with van der Waals surface area (Å²) in [6, 6.07) is 14.0. The normalized spacial score (nSPS) is 17.6. The molecule has 0 atom stereocenters. The molecule has 1 saturated carbocycles. The topological polar surface area (TPSA) is 72.9 Å². The Hall–Kier alpha value is -3.02. The smallest absolute Gasteiger partial charge is 0.255 e. The molecular formula is C24H29N3O3. The molecule has 2 amide bonds. The van der Waals surface area contributed by atoms with Crippen molar-refractivity contribution in [2.45, 2.75) is 32.1 Å². The number of aromatic hydroxyl groups is 1. The van der Waals surface area contributed by atoms with Crippen LogP contribution in [0.15, 0.2) is 48.5 Å². The van der Waals surface area contributed by atoms with Crippen LogP contribution < -0.4 is 10.2 Å². The van der Waals surface area contributed by atoms with Crippen molar-refractivity contribution >= 4 is 23.2 Å². The van der Waals surface area contributed by atoms with Gasteiger partial charge >= 0.3 is 0 Å². The first-order chi connectivity index (χ1) is 14.6. The fourth-order valence-corrected chi connectivity index (χ4v) is 4.36. The van der Waals surface area contributed by atoms with Crippen LogP contribution in [0.25, 0.3) is 0 Å². The molecule has 1 aliphatic heterocycles. The predicted octanol–water partition coefficient (Wildman–Crippen LogP) is 3.87. The Kier molecular flexibility index (Phi) is 6.21. The number of carbonyl (C=O) groups is 2. The van der Waals surface area contributed by atoms with E-state index in [0.29, 0.717) is 17.2 Å². The molecule has 1 heterocycles. The lowest BCUT2D eigenvalue weighted by Gasteiger charge is -2.38. The van der Waals surface area contributed by atoms with E-state index in [1.165, 1.54) is 31.4 Å². The Morgan fingerprint density at radius 1 is 0.833 bits per heavy atom. The van der Waals surface area contributed by atoms with E-state index in [0.717, 1.165) is 44.7 Å². The van der Waals surface area contributed by atoms with Crippen molar-refractivity contribution in [3.63, 3.8) is 0 Å². The zero-order chi connectivity index (χ0) is 20.9. The van der Waals surface area contributed by atoms with Gasteiger partial charge in [0.1, 0.15) is 5.75 Å². The lowest BCUT2D eigenvalue weighted by atomic mass is 9.88. The van der Waals surface area contributed by atoms with Gasteiger partial charge < -0.3 is 20.2 Å². The van der Waals surface area contributed by atoms with Gasteiger partial charge in [0.25, 0.3) is 5.91 Å². The van der Waals surface area contributed by atoms with Gasteiger partial charge in [-0.3, -0.25) is 9.59 Å². The minimum absolute atomic E-state index is 0.165. The van der Waals surface area contributed by atoms with Crippen molar-refractivity contribution in [2.24, 2.45) is 5.92 Å². The van der Waals surface area contributed by atoms with Crippen LogP contribution >= 0.6 is 0 Å². The number of piperazine rings is 1. The van der Waals surface area contributed by atoms with Gasteiger partial charge in [-0.2, -0.15) is 0 Å². The predicted molar refractivity (Wildman–Crippen MR) is 118 cm³/mol. The van der Waals surface area contributed by atoms with Gasteiger partial charge in [-0.15, -0.1) is 0 Å². The average molecular weight is 408 g/mol. The van der Waals surface area contributed by atoms with Crippen LogP contribution in [0.5, 0.6) is 5.75 Å². The van der Waals surface area contributed by atoms with Gasteiger partial charge in [0.2, 0.25) is 5.91 Å². The fraction of sp³-hybridized carbons (Fsp3) is 0.417. The molecule has 2 aromatic rings. The first-order valence-electron chi connectivity index (χ1n) is 10.8. The lowest BCUT2D eigenvalue weighted by molar-refractivity contribution is -0.136. The Morgan fingerprint density at radius 3 is 2.10 bits per heavy atom. The standard InChI is InChI=1S/C24H29N3O3/c28-22-12-8-20(9-13-22)25-23(29)18-6-10-21(11-7-18)26-14-16-27(17-15-26)24(30)19-4-2-1-3-5-19/h6-13,19,28H,1-5,14-17H2,(H,25,29). The summed E-state index contributed by atoms with van der Waals surface area (Å²) in [4.78, 5) is 29.5. The molecule has 2 fully saturated rings. The van der Waals surface area contributed by atoms with Crippen LogP contribution in [0.2, 0.25) is 0 Å². The first kappa shape index (κ1) is 20.3. The number of nitrogens with one attached hydrogen (secondary N) is 1. The number of phenolic OH excluding ortho intramolecular Hbond substituents is 1. The monoisotopic (exact) mass is 407 g/mol. The molecule has 1 aliphatic carbocycles. The average Bonchev–Trinajstić information content (AvgIpc) is 2.81. The Balaban J connectivity index is 1.30. The highest BCUT2D eigenvalue weighted by molar-refractivity contribution is 6.04. The van der Waals surface area contributed by atoms with E-state index in [1.807, 2.05) is 29.2 Å². The number of nitrogens with zero attached hydrogens (tertiary/aromatic N) is 2. The number of phenols is 1. The molecule has 0 unspecified atom stereocenters. The van der Waals surface area contributed by atoms with Crippen molar-refractivity contribution in [1.29, 1.82) is 0 Å². The largest absolute Gasteiger partial charge is 0.508 e. The van der Waals surface area contributed by atoms with Crippen LogP contribution in [0.3, 0.4) is 0 Å². The molecule has 2 N–H and O–H groups in total. The highest BCUT2D eigenvalue weighted by Crippen LogP contribution is 2.26. The summed E-state index contributed by atoms with van der Waals surface area (Å²) in [7, 11) is 0. The third kappa shape index (κ3) is 4.75. The number of rotatable bonds is 4. The molecule has 0 bridgehead atoms. The highest BCUT2D eigenvalue weighted by atomic mass is 16.3. The summed E-state index contributed by atoms with van der Waals surface area (Å²) in [5.41, 5.74) is 2.29. The van der Waals surface area contributed by atoms with Crippen molar-refractivity contribution in [3.05, 3.63) is 54.1 Å². The molecule has 2 aliphatic rings. The van der Waals surface area contributed by atoms with Crippen molar-refractivity contribution in [1.82, 2.24) is 4.90 Å². The molecular weight excluding hydrogens is 378 g/mol. The van der Waals surface area contributed by atoms with E-state index >= 15 is 0 Å². The number of benzene rings is 2. The van der Waals surface area contributed by atoms with E-state index in [2.05, 4.69) is 10.2 Å². The summed E-state index contributed by atoms with van der Waals surface area (Å²) >= 11 is 0. The van der Waals surface area contributed by atoms with Gasteiger partial charge in [0.15, 0.2) is 0 Å². The minimum Gasteiger partial charge on any atom is -0.508 e. The van der Waals surface area contributed by atoms with Crippen molar-refractivity contribution in [2.75, 3.05) is 36.4 Å². The number of anilines is 2. The summed E-state index contributed by atoms with van der Waals surface area (Å²) in [6.07, 6.45) is 5.73. The molecule has 6 nitrogen and oxygen atoms in total. The summed E-state index contributed by atoms with van der Waals surface area (Å²) in [6.45, 7) is 3.16. The highest BCUT2D eigenvalue weighted by Gasteiger charge is 2.28. The zero-order valence-electron chi connectivity index (χ0n) is 17.2. The molecule has 0 spiro atoms. The van der Waals surface area contributed by atoms with Crippen LogP contribution in [0, 0.1) is 5.92 Å². The number of hydrogen-bond donors (Lipinski definition) is 2. The third-order valence-electron chi connectivity index (χ3n) is 6.17. The molecule has 1 saturated heterocycles. The maximum atomic E-state index is 12.7. The number of hydrogen-bond acceptors (Lipinski definition) is 4. The maximum Gasteiger partial charge on any atom is 0.255 e. The minimum atomic E-state index is -0.185. The van der Waals surface area contributed by atoms with E-state index < -0.39 is 0 Å². The fourth-order valence-electron chi connectivity index (χ4n) is 4.36. The van der Waals surface area contributed by atoms with Gasteiger partial charge in [-0.1, -0.05) is 19.3 Å². The van der Waals surface area contributed by atoms with Gasteiger partial charge in [0.05, 0.1) is 0 Å². The SMILES string of the molecule is O=C(Nc1ccc(O)cc1)c1ccc(N2CCN(C(=O)C3CCCCC3)CC2)cc1. The van der Waals surface area contributed by atoms with Crippen molar-refractivity contribution in [3.8, 4) is 5.75 Å². The van der Waals surface area contributed by atoms with Crippen molar-refractivity contribution < 1.29 is 14.7 Å². The van der Waals surface area contributed by atoms with Gasteiger partial charge in [-0.05, 0) is 61.4 Å². The zero-order valence-corrected chi connectivity index (χ0v) is 17.2. The van der Waals surface area contributed by atoms with Crippen LogP contribution in [0.4, 0.5) is 11.4 Å². The number of carbonyl (C=O) groups excluding carboxylic acids is 2. The maximum absolute atomic E-state index is 12.7. The summed E-state index contributed by atoms with van der Waals surface area (Å²) < 4.78 is 0. The van der Waals surface area contributed by atoms with E-state index in [1.54, 1.807) is 12.1 Å². The second-order valence-corrected chi connectivity index (χ2v) is 8.20. The third-order valence-corrected chi connectivity index (χ3v) is 6.17. The van der Waals surface area contributed by atoms with Gasteiger partial charge in [0, 0.05) is 49.0 Å². The first-order valence-corrected chi connectivity index (χ1v) is 10.8. The lowest BCUT2D eigenvalue weighted by Crippen LogP contribution is -2.50. The Bertz CT molecular complexity index is 866. The molecule has 30 heavy (non-hydrogen) atoms. The van der Waals surface area contributed by atoms with Crippen LogP contribution in [-0.2, 0) is 4.79 Å². The Morgan fingerprint density at radius 2 is 1.47 bits per heavy atom. The van der Waals surface area contributed by atoms with E-state index in [-0.39, 0.29) is 17.6 Å². The number of amides is 2. The summed E-state index contributed by atoms with van der Waals surface area (Å²) in [5.74, 6) is 0.556. The van der Waals surface area contributed by atoms with Gasteiger partial charge in [-0.25, -0.2) is 0 Å². The second-order valence-electron chi connectivity index (χ2n) is 8.20. The quantitative estimate of drug-likeness (QED) is 0.755. The Labute approximate surface area is 177 Å². The molecule has 6 heteroatoms. The van der Waals surface area contributed by atoms with Crippen LogP contribution in [-0.4, -0.2) is 48.0 Å². The molecule has 158 valence electrons. The molecule has 2 aromatic carbocycles. The second kappa shape index (κ2) is 9.20. The van der Waals surface area contributed by atoms with Crippen LogP contribution in [0.1, 0.15) is 42.5 Å². The molecule has 4 rings (SSSR count).